The molecule has 5 heteroatoms. The second-order valence-corrected chi connectivity index (χ2v) is 7.43. The third-order valence-electron chi connectivity index (χ3n) is 4.93. The van der Waals surface area contributed by atoms with Crippen LogP contribution in [0.1, 0.15) is 27.0 Å². The highest BCUT2D eigenvalue weighted by molar-refractivity contribution is 6.30. The van der Waals surface area contributed by atoms with Crippen LogP contribution in [0.15, 0.2) is 84.4 Å². The number of hydrogen-bond acceptors (Lipinski definition) is 2. The summed E-state index contributed by atoms with van der Waals surface area (Å²) in [5, 5.41) is 9.87. The van der Waals surface area contributed by atoms with Gasteiger partial charge >= 0.3 is 5.97 Å². The molecule has 0 bridgehead atoms. The van der Waals surface area contributed by atoms with Gasteiger partial charge < -0.3 is 5.11 Å². The third kappa shape index (κ3) is 3.78. The van der Waals surface area contributed by atoms with Crippen molar-refractivity contribution in [3.05, 3.63) is 112 Å². The Hall–Kier alpha value is -3.63. The fourth-order valence-electron chi connectivity index (χ4n) is 3.46. The predicted octanol–water partition coefficient (Wildman–Crippen LogP) is 5.82. The number of aromatic carboxylic acids is 1. The average molecular weight is 416 g/mol. The Kier molecular flexibility index (Phi) is 5.25. The monoisotopic (exact) mass is 415 g/mol. The fraction of sp³-hybridized carbons (Fsp3) is 0.0400. The Bertz CT molecular complexity index is 1190. The Morgan fingerprint density at radius 3 is 2.33 bits per heavy atom. The Morgan fingerprint density at radius 1 is 1.00 bits per heavy atom. The van der Waals surface area contributed by atoms with Crippen molar-refractivity contribution in [2.75, 3.05) is 4.90 Å². The molecular weight excluding hydrogens is 398 g/mol. The van der Waals surface area contributed by atoms with Gasteiger partial charge in [0, 0.05) is 10.6 Å². The number of hydrogen-bond donors (Lipinski definition) is 1. The maximum atomic E-state index is 13.4. The van der Waals surface area contributed by atoms with Gasteiger partial charge in [-0.25, -0.2) is 4.79 Å². The zero-order chi connectivity index (χ0) is 21.3. The van der Waals surface area contributed by atoms with E-state index < -0.39 is 5.97 Å². The number of aryl methyl sites for hydroxylation is 1. The number of halogens is 1. The van der Waals surface area contributed by atoms with Gasteiger partial charge in [0.05, 0.1) is 16.9 Å². The lowest BCUT2D eigenvalue weighted by atomic mass is 10.1. The van der Waals surface area contributed by atoms with Crippen LogP contribution in [0.2, 0.25) is 5.02 Å². The second kappa shape index (κ2) is 8.01. The number of nitrogens with zero attached hydrogens (tertiary/aromatic N) is 1. The molecule has 1 heterocycles. The molecule has 4 rings (SSSR count). The molecule has 0 spiro atoms. The number of carboxylic acids is 1. The Labute approximate surface area is 179 Å². The molecule has 1 aliphatic rings. The molecule has 0 saturated heterocycles. The quantitative estimate of drug-likeness (QED) is 0.546. The summed E-state index contributed by atoms with van der Waals surface area (Å²) in [5.41, 5.74) is 4.54. The highest BCUT2D eigenvalue weighted by atomic mass is 35.5. The lowest BCUT2D eigenvalue weighted by Gasteiger charge is -2.23. The highest BCUT2D eigenvalue weighted by Gasteiger charge is 2.31. The molecule has 0 aromatic heterocycles. The third-order valence-corrected chi connectivity index (χ3v) is 5.18. The Morgan fingerprint density at radius 2 is 1.70 bits per heavy atom. The van der Waals surface area contributed by atoms with Crippen LogP contribution in [-0.4, -0.2) is 17.0 Å². The van der Waals surface area contributed by atoms with Crippen molar-refractivity contribution in [3.63, 3.8) is 0 Å². The molecule has 3 aromatic carbocycles. The van der Waals surface area contributed by atoms with Crippen molar-refractivity contribution in [2.45, 2.75) is 6.92 Å². The van der Waals surface area contributed by atoms with Crippen molar-refractivity contribution in [2.24, 2.45) is 0 Å². The topological polar surface area (TPSA) is 57.6 Å². The van der Waals surface area contributed by atoms with E-state index in [0.29, 0.717) is 27.5 Å². The maximum absolute atomic E-state index is 13.4. The van der Waals surface area contributed by atoms with Gasteiger partial charge in [0.2, 0.25) is 0 Å². The minimum atomic E-state index is -1.00. The number of amides is 1. The van der Waals surface area contributed by atoms with E-state index in [-0.39, 0.29) is 11.5 Å². The van der Waals surface area contributed by atoms with Gasteiger partial charge in [-0.15, -0.1) is 0 Å². The molecule has 0 unspecified atom stereocenters. The van der Waals surface area contributed by atoms with E-state index in [1.807, 2.05) is 54.6 Å². The van der Waals surface area contributed by atoms with Crippen LogP contribution in [0.3, 0.4) is 0 Å². The van der Waals surface area contributed by atoms with Gasteiger partial charge in [0.15, 0.2) is 0 Å². The average Bonchev–Trinajstić information content (AvgIpc) is 3.05. The van der Waals surface area contributed by atoms with Gasteiger partial charge in [0.1, 0.15) is 0 Å². The van der Waals surface area contributed by atoms with Gasteiger partial charge in [-0.3, -0.25) is 9.69 Å². The van der Waals surface area contributed by atoms with Crippen molar-refractivity contribution >= 4 is 40.9 Å². The molecule has 0 aliphatic carbocycles. The summed E-state index contributed by atoms with van der Waals surface area (Å²) in [4.78, 5) is 26.3. The summed E-state index contributed by atoms with van der Waals surface area (Å²) in [6, 6.07) is 21.7. The van der Waals surface area contributed by atoms with Crippen LogP contribution in [-0.2, 0) is 4.79 Å². The first-order valence-electron chi connectivity index (χ1n) is 9.37. The van der Waals surface area contributed by atoms with Crippen LogP contribution in [0.5, 0.6) is 0 Å². The molecular formula is C25H18ClNO3. The summed E-state index contributed by atoms with van der Waals surface area (Å²) >= 11 is 6.04. The molecule has 3 aromatic rings. The highest BCUT2D eigenvalue weighted by Crippen LogP contribution is 2.37. The van der Waals surface area contributed by atoms with E-state index in [1.54, 1.807) is 36.1 Å². The van der Waals surface area contributed by atoms with Crippen molar-refractivity contribution in [3.8, 4) is 0 Å². The van der Waals surface area contributed by atoms with Crippen LogP contribution < -0.4 is 4.90 Å². The van der Waals surface area contributed by atoms with Crippen molar-refractivity contribution < 1.29 is 14.7 Å². The molecule has 30 heavy (non-hydrogen) atoms. The van der Waals surface area contributed by atoms with E-state index in [4.69, 9.17) is 11.6 Å². The lowest BCUT2D eigenvalue weighted by molar-refractivity contribution is -0.113. The van der Waals surface area contributed by atoms with Gasteiger partial charge in [-0.1, -0.05) is 54.1 Å². The zero-order valence-corrected chi connectivity index (χ0v) is 16.9. The number of rotatable bonds is 4. The summed E-state index contributed by atoms with van der Waals surface area (Å²) in [6.45, 7) is 1.80. The van der Waals surface area contributed by atoms with Crippen LogP contribution >= 0.6 is 11.6 Å². The SMILES string of the molecule is Cc1cc(C(=O)O)ccc1N1C(=O)/C(=C/c2ccccc2)C=C1c1ccc(Cl)cc1. The standard InChI is InChI=1S/C25H18ClNO3/c1-16-13-19(25(29)30)9-12-22(16)27-23(18-7-10-21(26)11-8-18)15-20(24(27)28)14-17-5-3-2-4-6-17/h2-15H,1H3,(H,29,30)/b20-14+. The normalized spacial score (nSPS) is 14.9. The first kappa shape index (κ1) is 19.7. The van der Waals surface area contributed by atoms with Gasteiger partial charge in [-0.2, -0.15) is 0 Å². The van der Waals surface area contributed by atoms with Crippen LogP contribution in [0, 0.1) is 6.92 Å². The number of carboxylic acid groups (broad SMARTS) is 1. The van der Waals surface area contributed by atoms with Crippen LogP contribution in [0.25, 0.3) is 11.8 Å². The molecule has 0 atom stereocenters. The number of carbonyl (C=O) groups excluding carboxylic acids is 1. The van der Waals surface area contributed by atoms with E-state index in [2.05, 4.69) is 0 Å². The summed E-state index contributed by atoms with van der Waals surface area (Å²) in [5.74, 6) is -1.18. The number of benzene rings is 3. The second-order valence-electron chi connectivity index (χ2n) is 6.99. The smallest absolute Gasteiger partial charge is 0.335 e. The number of carbonyl (C=O) groups is 2. The predicted molar refractivity (Wildman–Crippen MR) is 119 cm³/mol. The molecule has 1 aliphatic heterocycles. The molecule has 1 N–H and O–H groups in total. The first-order chi connectivity index (χ1) is 14.4. The Balaban J connectivity index is 1.84. The van der Waals surface area contributed by atoms with Crippen molar-refractivity contribution in [1.29, 1.82) is 0 Å². The zero-order valence-electron chi connectivity index (χ0n) is 16.2. The maximum Gasteiger partial charge on any atom is 0.335 e. The minimum absolute atomic E-state index is 0.171. The van der Waals surface area contributed by atoms with E-state index >= 15 is 0 Å². The molecule has 0 radical (unpaired) electrons. The van der Waals surface area contributed by atoms with Crippen LogP contribution in [0.4, 0.5) is 5.69 Å². The largest absolute Gasteiger partial charge is 0.478 e. The number of anilines is 1. The fourth-order valence-corrected chi connectivity index (χ4v) is 3.58. The van der Waals surface area contributed by atoms with Gasteiger partial charge in [0.25, 0.3) is 5.91 Å². The van der Waals surface area contributed by atoms with Crippen molar-refractivity contribution in [1.82, 2.24) is 0 Å². The lowest BCUT2D eigenvalue weighted by Crippen LogP contribution is -2.25. The van der Waals surface area contributed by atoms with Gasteiger partial charge in [-0.05, 0) is 66.1 Å². The summed E-state index contributed by atoms with van der Waals surface area (Å²) < 4.78 is 0. The molecule has 0 saturated carbocycles. The first-order valence-corrected chi connectivity index (χ1v) is 9.74. The molecule has 4 nitrogen and oxygen atoms in total. The molecule has 1 amide bonds. The summed E-state index contributed by atoms with van der Waals surface area (Å²) in [6.07, 6.45) is 3.70. The molecule has 148 valence electrons. The van der Waals surface area contributed by atoms with E-state index in [1.165, 1.54) is 6.07 Å². The molecule has 0 fully saturated rings. The van der Waals surface area contributed by atoms with E-state index in [0.717, 1.165) is 11.1 Å². The minimum Gasteiger partial charge on any atom is -0.478 e. The summed E-state index contributed by atoms with van der Waals surface area (Å²) in [7, 11) is 0. The van der Waals surface area contributed by atoms with E-state index in [9.17, 15) is 14.7 Å².